The molecule has 50 heavy (non-hydrogen) atoms. The van der Waals surface area contributed by atoms with E-state index in [-0.39, 0.29) is 51.4 Å². The lowest BCUT2D eigenvalue weighted by Gasteiger charge is -2.63. The lowest BCUT2D eigenvalue weighted by Crippen LogP contribution is -2.70. The summed E-state index contributed by atoms with van der Waals surface area (Å²) in [5, 5.41) is 34.0. The van der Waals surface area contributed by atoms with Crippen LogP contribution in [0.15, 0.2) is 0 Å². The number of carbonyl (C=O) groups is 1. The minimum absolute atomic E-state index is 0.0527. The van der Waals surface area contributed by atoms with Gasteiger partial charge in [-0.25, -0.2) is 0 Å². The molecule has 3 saturated heterocycles. The largest absolute Gasteiger partial charge is 0.388 e. The Morgan fingerprint density at radius 1 is 1.02 bits per heavy atom. The van der Waals surface area contributed by atoms with E-state index in [1.165, 1.54) is 6.42 Å². The van der Waals surface area contributed by atoms with Crippen molar-refractivity contribution in [2.24, 2.45) is 57.0 Å². The molecule has 8 aliphatic rings. The molecule has 0 aromatic carbocycles. The highest BCUT2D eigenvalue weighted by atomic mass is 16.7. The Balaban J connectivity index is 0.974. The maximum atomic E-state index is 13.3. The molecule has 2 spiro atoms. The van der Waals surface area contributed by atoms with E-state index in [0.29, 0.717) is 44.4 Å². The van der Waals surface area contributed by atoms with E-state index in [9.17, 15) is 20.1 Å². The molecule has 5 aliphatic carbocycles. The zero-order valence-corrected chi connectivity index (χ0v) is 31.6. The van der Waals surface area contributed by atoms with Crippen LogP contribution < -0.4 is 5.73 Å². The van der Waals surface area contributed by atoms with Crippen molar-refractivity contribution in [3.05, 3.63) is 0 Å². The number of nitrogens with two attached hydrogens (primary N) is 1. The predicted molar refractivity (Wildman–Crippen MR) is 187 cm³/mol. The van der Waals surface area contributed by atoms with Crippen LogP contribution in [0.2, 0.25) is 0 Å². The van der Waals surface area contributed by atoms with Crippen molar-refractivity contribution in [1.29, 1.82) is 0 Å². The van der Waals surface area contributed by atoms with Crippen molar-refractivity contribution in [3.8, 4) is 0 Å². The number of amides is 1. The van der Waals surface area contributed by atoms with E-state index in [2.05, 4.69) is 27.7 Å². The number of hydrogen-bond acceptors (Lipinski definition) is 9. The van der Waals surface area contributed by atoms with E-state index in [0.717, 1.165) is 64.6 Å². The molecule has 0 aromatic rings. The van der Waals surface area contributed by atoms with Crippen LogP contribution in [0.4, 0.5) is 0 Å². The van der Waals surface area contributed by atoms with E-state index >= 15 is 0 Å². The van der Waals surface area contributed by atoms with E-state index in [1.807, 2.05) is 4.90 Å². The highest BCUT2D eigenvalue weighted by Crippen LogP contribution is 2.87. The number of hydrogen-bond donors (Lipinski definition) is 4. The smallest absolute Gasteiger partial charge is 0.223 e. The van der Waals surface area contributed by atoms with E-state index < -0.39 is 41.8 Å². The van der Waals surface area contributed by atoms with Gasteiger partial charge in [0.05, 0.1) is 48.7 Å². The molecule has 284 valence electrons. The van der Waals surface area contributed by atoms with Crippen LogP contribution in [0.25, 0.3) is 0 Å². The van der Waals surface area contributed by atoms with Gasteiger partial charge in [-0.3, -0.25) is 4.79 Å². The number of aliphatic hydroxyl groups is 3. The molecule has 0 bridgehead atoms. The number of morpholine rings is 1. The van der Waals surface area contributed by atoms with Gasteiger partial charge in [0.1, 0.15) is 6.10 Å². The van der Waals surface area contributed by atoms with Crippen LogP contribution in [0.5, 0.6) is 0 Å². The lowest BCUT2D eigenvalue weighted by atomic mass is 9.43. The number of aliphatic hydroxyl groups excluding tert-OH is 2. The first kappa shape index (κ1) is 36.1. The van der Waals surface area contributed by atoms with Crippen LogP contribution >= 0.6 is 0 Å². The summed E-state index contributed by atoms with van der Waals surface area (Å²) in [5.74, 6) is 1.65. The standard InChI is InChI=1S/C40H66N2O8/c1-23-19-25(33(44)36(4,5)46)49-32-31(23)37(6)13-14-39-22-38(39)12-9-28(35(2,3)26(38)7-8-27(39)40(37,41)34(32)45)50-30-21-42(15-18-48-30)29(43)20-24-10-16-47-17-11-24/h23-28,30-34,44-46H,7-22,41H2,1-6H3. The van der Waals surface area contributed by atoms with Gasteiger partial charge < -0.3 is 44.9 Å². The fourth-order valence-corrected chi connectivity index (χ4v) is 14.3. The number of ether oxygens (including phenoxy) is 4. The average Bonchev–Trinajstić information content (AvgIpc) is 3.70. The summed E-state index contributed by atoms with van der Waals surface area (Å²) < 4.78 is 25.1. The molecular weight excluding hydrogens is 636 g/mol. The molecule has 5 N–H and O–H groups in total. The Morgan fingerprint density at radius 2 is 1.72 bits per heavy atom. The molecule has 0 aromatic heterocycles. The molecular formula is C40H66N2O8. The van der Waals surface area contributed by atoms with Crippen molar-refractivity contribution in [1.82, 2.24) is 4.90 Å². The summed E-state index contributed by atoms with van der Waals surface area (Å²) in [4.78, 5) is 15.2. The minimum atomic E-state index is -1.29. The summed E-state index contributed by atoms with van der Waals surface area (Å²) in [6.07, 6.45) is 7.39. The van der Waals surface area contributed by atoms with Gasteiger partial charge in [-0.15, -0.1) is 0 Å². The average molecular weight is 703 g/mol. The van der Waals surface area contributed by atoms with Crippen LogP contribution in [0.1, 0.15) is 112 Å². The van der Waals surface area contributed by atoms with Gasteiger partial charge in [-0.05, 0) is 129 Å². The molecule has 3 heterocycles. The van der Waals surface area contributed by atoms with Crippen LogP contribution in [-0.4, -0.2) is 107 Å². The maximum absolute atomic E-state index is 13.3. The molecule has 14 atom stereocenters. The van der Waals surface area contributed by atoms with Gasteiger partial charge in [0.2, 0.25) is 5.91 Å². The first-order valence-corrected chi connectivity index (χ1v) is 20.1. The summed E-state index contributed by atoms with van der Waals surface area (Å²) in [5.41, 5.74) is 5.67. The zero-order chi connectivity index (χ0) is 35.6. The molecule has 3 aliphatic heterocycles. The normalized spacial score (nSPS) is 50.7. The fourth-order valence-electron chi connectivity index (χ4n) is 14.3. The van der Waals surface area contributed by atoms with E-state index in [4.69, 9.17) is 24.7 Å². The Morgan fingerprint density at radius 3 is 2.44 bits per heavy atom. The van der Waals surface area contributed by atoms with Crippen LogP contribution in [0, 0.1) is 51.2 Å². The van der Waals surface area contributed by atoms with Gasteiger partial charge in [-0.1, -0.05) is 27.7 Å². The second-order valence-electron chi connectivity index (χ2n) is 19.8. The van der Waals surface area contributed by atoms with Gasteiger partial charge in [-0.2, -0.15) is 0 Å². The van der Waals surface area contributed by atoms with Crippen molar-refractivity contribution >= 4 is 5.91 Å². The molecule has 8 rings (SSSR count). The third-order valence-electron chi connectivity index (χ3n) is 16.8. The van der Waals surface area contributed by atoms with Crippen molar-refractivity contribution in [2.75, 3.05) is 32.9 Å². The monoisotopic (exact) mass is 702 g/mol. The maximum Gasteiger partial charge on any atom is 0.223 e. The lowest BCUT2D eigenvalue weighted by molar-refractivity contribution is -0.245. The topological polar surface area (TPSA) is 144 Å². The van der Waals surface area contributed by atoms with Gasteiger partial charge >= 0.3 is 0 Å². The second kappa shape index (κ2) is 12.1. The molecule has 14 unspecified atom stereocenters. The SMILES string of the molecule is CC1CC(C(O)C(C)(C)O)OC2C1C1(C)CCC34CC35CCC(OC3CN(C(=O)CC6CCOCC6)CCO3)C(C)(C)C5CCC4C1(N)C2O. The molecule has 8 fully saturated rings. The summed E-state index contributed by atoms with van der Waals surface area (Å²) in [6, 6.07) is 0. The van der Waals surface area contributed by atoms with Gasteiger partial charge in [0, 0.05) is 26.2 Å². The van der Waals surface area contributed by atoms with E-state index in [1.54, 1.807) is 13.8 Å². The Kier molecular flexibility index (Phi) is 8.73. The highest BCUT2D eigenvalue weighted by molar-refractivity contribution is 5.76. The van der Waals surface area contributed by atoms with Crippen LogP contribution in [0.3, 0.4) is 0 Å². The highest BCUT2D eigenvalue weighted by Gasteiger charge is 2.85. The molecule has 5 saturated carbocycles. The quantitative estimate of drug-likeness (QED) is 0.323. The fraction of sp³-hybridized carbons (Fsp3) is 0.975. The number of rotatable bonds is 6. The third-order valence-corrected chi connectivity index (χ3v) is 16.8. The summed E-state index contributed by atoms with van der Waals surface area (Å²) in [7, 11) is 0. The van der Waals surface area contributed by atoms with Crippen molar-refractivity contribution in [2.45, 2.75) is 160 Å². The first-order chi connectivity index (χ1) is 23.5. The predicted octanol–water partition coefficient (Wildman–Crippen LogP) is 4.01. The van der Waals surface area contributed by atoms with Crippen molar-refractivity contribution < 1.29 is 39.1 Å². The summed E-state index contributed by atoms with van der Waals surface area (Å²) in [6.45, 7) is 15.8. The first-order valence-electron chi connectivity index (χ1n) is 20.1. The molecule has 10 nitrogen and oxygen atoms in total. The molecule has 10 heteroatoms. The summed E-state index contributed by atoms with van der Waals surface area (Å²) >= 11 is 0. The van der Waals surface area contributed by atoms with Gasteiger partial charge in [0.25, 0.3) is 0 Å². The Labute approximate surface area is 299 Å². The number of nitrogens with zero attached hydrogens (tertiary/aromatic N) is 1. The van der Waals surface area contributed by atoms with Crippen molar-refractivity contribution in [3.63, 3.8) is 0 Å². The zero-order valence-electron chi connectivity index (χ0n) is 31.6. The Hall–Kier alpha value is -0.850. The minimum Gasteiger partial charge on any atom is -0.388 e. The second-order valence-corrected chi connectivity index (χ2v) is 19.8. The van der Waals surface area contributed by atoms with Crippen LogP contribution in [-0.2, 0) is 23.7 Å². The van der Waals surface area contributed by atoms with Gasteiger partial charge in [0.15, 0.2) is 6.29 Å². The Bertz CT molecular complexity index is 1320. The number of fused-ring (bicyclic) bond motifs is 4. The molecule has 0 radical (unpaired) electrons. The molecule has 1 amide bonds. The number of carbonyl (C=O) groups excluding carboxylic acids is 1. The third kappa shape index (κ3) is 5.04.